The Morgan fingerprint density at radius 2 is 1.96 bits per heavy atom. The molecule has 0 spiro atoms. The first-order valence-electron chi connectivity index (χ1n) is 8.56. The highest BCUT2D eigenvalue weighted by Crippen LogP contribution is 2.39. The Balaban J connectivity index is 1.79. The highest BCUT2D eigenvalue weighted by Gasteiger charge is 2.42. The molecule has 1 fully saturated rings. The average Bonchev–Trinajstić information content (AvgIpc) is 3.45. The highest BCUT2D eigenvalue weighted by molar-refractivity contribution is 5.88. The van der Waals surface area contributed by atoms with Crippen LogP contribution in [0.2, 0.25) is 0 Å². The molecular formula is C20H26N2O2. The predicted molar refractivity (Wildman–Crippen MR) is 97.2 cm³/mol. The second-order valence-electron chi connectivity index (χ2n) is 7.08. The van der Waals surface area contributed by atoms with Crippen LogP contribution in [0.15, 0.2) is 36.4 Å². The van der Waals surface area contributed by atoms with Crippen molar-refractivity contribution < 1.29 is 9.53 Å². The molecule has 1 aliphatic rings. The molecule has 24 heavy (non-hydrogen) atoms. The number of benzene rings is 2. The topological polar surface area (TPSA) is 64.3 Å². The third kappa shape index (κ3) is 3.24. The number of hydrogen-bond donors (Lipinski definition) is 2. The van der Waals surface area contributed by atoms with Gasteiger partial charge in [-0.1, -0.05) is 24.3 Å². The number of carbonyl (C=O) groups is 1. The minimum Gasteiger partial charge on any atom is -0.497 e. The Kier molecular flexibility index (Phi) is 4.50. The van der Waals surface area contributed by atoms with Gasteiger partial charge in [0.15, 0.2) is 0 Å². The van der Waals surface area contributed by atoms with Crippen molar-refractivity contribution in [3.05, 3.63) is 42.0 Å². The van der Waals surface area contributed by atoms with Crippen LogP contribution in [-0.2, 0) is 4.79 Å². The summed E-state index contributed by atoms with van der Waals surface area (Å²) < 4.78 is 5.26. The Hall–Kier alpha value is -2.07. The van der Waals surface area contributed by atoms with Crippen LogP contribution in [0.1, 0.15) is 38.2 Å². The summed E-state index contributed by atoms with van der Waals surface area (Å²) >= 11 is 0. The molecule has 2 aromatic rings. The van der Waals surface area contributed by atoms with Crippen LogP contribution in [0.4, 0.5) is 0 Å². The Morgan fingerprint density at radius 1 is 1.29 bits per heavy atom. The number of nitrogens with one attached hydrogen (secondary N) is 1. The van der Waals surface area contributed by atoms with Crippen LogP contribution in [0.5, 0.6) is 5.75 Å². The van der Waals surface area contributed by atoms with Crippen molar-refractivity contribution in [3.63, 3.8) is 0 Å². The summed E-state index contributed by atoms with van der Waals surface area (Å²) in [5.74, 6) is 1.19. The Labute approximate surface area is 143 Å². The first-order valence-corrected chi connectivity index (χ1v) is 8.56. The summed E-state index contributed by atoms with van der Waals surface area (Å²) in [7, 11) is 1.66. The fraction of sp³-hybridized carbons (Fsp3) is 0.450. The van der Waals surface area contributed by atoms with Gasteiger partial charge in [0, 0.05) is 6.54 Å². The van der Waals surface area contributed by atoms with Crippen molar-refractivity contribution in [2.24, 2.45) is 11.7 Å². The first-order chi connectivity index (χ1) is 11.5. The molecule has 0 bridgehead atoms. The van der Waals surface area contributed by atoms with E-state index in [9.17, 15) is 4.79 Å². The smallest absolute Gasteiger partial charge is 0.227 e. The van der Waals surface area contributed by atoms with Gasteiger partial charge in [0.2, 0.25) is 5.91 Å². The van der Waals surface area contributed by atoms with Crippen molar-refractivity contribution in [1.82, 2.24) is 5.32 Å². The molecule has 128 valence electrons. The largest absolute Gasteiger partial charge is 0.497 e. The number of amides is 1. The number of hydrogen-bond acceptors (Lipinski definition) is 3. The van der Waals surface area contributed by atoms with Crippen LogP contribution >= 0.6 is 0 Å². The zero-order valence-corrected chi connectivity index (χ0v) is 14.6. The number of ether oxygens (including phenoxy) is 1. The maximum Gasteiger partial charge on any atom is 0.227 e. The quantitative estimate of drug-likeness (QED) is 0.857. The van der Waals surface area contributed by atoms with E-state index in [0.717, 1.165) is 34.9 Å². The lowest BCUT2D eigenvalue weighted by atomic mass is 9.92. The molecule has 4 nitrogen and oxygen atoms in total. The summed E-state index contributed by atoms with van der Waals surface area (Å²) in [5.41, 5.74) is 6.64. The van der Waals surface area contributed by atoms with Gasteiger partial charge in [-0.3, -0.25) is 4.79 Å². The molecule has 4 heteroatoms. The number of carbonyl (C=O) groups excluding carboxylic acids is 1. The van der Waals surface area contributed by atoms with E-state index in [2.05, 4.69) is 18.3 Å². The van der Waals surface area contributed by atoms with Gasteiger partial charge in [-0.2, -0.15) is 0 Å². The normalized spacial score (nSPS) is 18.0. The van der Waals surface area contributed by atoms with Gasteiger partial charge < -0.3 is 15.8 Å². The van der Waals surface area contributed by atoms with Crippen LogP contribution < -0.4 is 15.8 Å². The van der Waals surface area contributed by atoms with Crippen molar-refractivity contribution in [1.29, 1.82) is 0 Å². The maximum absolute atomic E-state index is 12.7. The number of rotatable bonds is 6. The SMILES string of the molecule is COc1ccc2cc(C(C)C(=O)NC(C)(CN)C3CC3)ccc2c1. The van der Waals surface area contributed by atoms with E-state index in [0.29, 0.717) is 12.5 Å². The lowest BCUT2D eigenvalue weighted by Gasteiger charge is -2.31. The molecule has 0 heterocycles. The van der Waals surface area contributed by atoms with Gasteiger partial charge >= 0.3 is 0 Å². The third-order valence-corrected chi connectivity index (χ3v) is 5.28. The summed E-state index contributed by atoms with van der Waals surface area (Å²) in [6.07, 6.45) is 2.31. The van der Waals surface area contributed by atoms with Gasteiger partial charge in [-0.05, 0) is 61.1 Å². The van der Waals surface area contributed by atoms with E-state index in [4.69, 9.17) is 10.5 Å². The van der Waals surface area contributed by atoms with E-state index in [1.807, 2.05) is 37.3 Å². The van der Waals surface area contributed by atoms with Gasteiger partial charge in [0.1, 0.15) is 5.75 Å². The second kappa shape index (κ2) is 6.44. The fourth-order valence-electron chi connectivity index (χ4n) is 3.22. The highest BCUT2D eigenvalue weighted by atomic mass is 16.5. The molecule has 2 unspecified atom stereocenters. The molecule has 1 aliphatic carbocycles. The van der Waals surface area contributed by atoms with Crippen molar-refractivity contribution in [2.75, 3.05) is 13.7 Å². The predicted octanol–water partition coefficient (Wildman–Crippen LogP) is 3.20. The van der Waals surface area contributed by atoms with Gasteiger partial charge in [-0.15, -0.1) is 0 Å². The van der Waals surface area contributed by atoms with Gasteiger partial charge in [0.05, 0.1) is 18.6 Å². The molecule has 3 N–H and O–H groups in total. The summed E-state index contributed by atoms with van der Waals surface area (Å²) in [6, 6.07) is 12.1. The van der Waals surface area contributed by atoms with E-state index in [1.165, 1.54) is 0 Å². The van der Waals surface area contributed by atoms with E-state index in [-0.39, 0.29) is 17.4 Å². The molecule has 0 aromatic heterocycles. The molecule has 0 radical (unpaired) electrons. The van der Waals surface area contributed by atoms with E-state index in [1.54, 1.807) is 7.11 Å². The minimum absolute atomic E-state index is 0.0442. The third-order valence-electron chi connectivity index (χ3n) is 5.28. The number of methoxy groups -OCH3 is 1. The molecule has 0 saturated heterocycles. The molecule has 2 aromatic carbocycles. The molecule has 0 aliphatic heterocycles. The zero-order valence-electron chi connectivity index (χ0n) is 14.6. The molecule has 1 amide bonds. The van der Waals surface area contributed by atoms with E-state index >= 15 is 0 Å². The van der Waals surface area contributed by atoms with Crippen molar-refractivity contribution in [3.8, 4) is 5.75 Å². The summed E-state index contributed by atoms with van der Waals surface area (Å²) in [4.78, 5) is 12.7. The zero-order chi connectivity index (χ0) is 17.3. The average molecular weight is 326 g/mol. The molecular weight excluding hydrogens is 300 g/mol. The lowest BCUT2D eigenvalue weighted by Crippen LogP contribution is -2.54. The Morgan fingerprint density at radius 3 is 2.58 bits per heavy atom. The van der Waals surface area contributed by atoms with Gasteiger partial charge in [-0.25, -0.2) is 0 Å². The van der Waals surface area contributed by atoms with Crippen LogP contribution in [-0.4, -0.2) is 25.1 Å². The summed E-state index contributed by atoms with van der Waals surface area (Å²) in [5, 5.41) is 5.40. The maximum atomic E-state index is 12.7. The van der Waals surface area contributed by atoms with Crippen molar-refractivity contribution >= 4 is 16.7 Å². The number of nitrogens with two attached hydrogens (primary N) is 1. The fourth-order valence-corrected chi connectivity index (χ4v) is 3.22. The monoisotopic (exact) mass is 326 g/mol. The molecule has 2 atom stereocenters. The van der Waals surface area contributed by atoms with Crippen LogP contribution in [0.3, 0.4) is 0 Å². The minimum atomic E-state index is -0.282. The first kappa shape index (κ1) is 16.8. The molecule has 1 saturated carbocycles. The number of fused-ring (bicyclic) bond motifs is 1. The van der Waals surface area contributed by atoms with Crippen LogP contribution in [0, 0.1) is 5.92 Å². The lowest BCUT2D eigenvalue weighted by molar-refractivity contribution is -0.124. The second-order valence-corrected chi connectivity index (χ2v) is 7.08. The van der Waals surface area contributed by atoms with Crippen molar-refractivity contribution in [2.45, 2.75) is 38.1 Å². The Bertz CT molecular complexity index is 754. The van der Waals surface area contributed by atoms with E-state index < -0.39 is 0 Å². The van der Waals surface area contributed by atoms with Gasteiger partial charge in [0.25, 0.3) is 0 Å². The van der Waals surface area contributed by atoms with Crippen LogP contribution in [0.25, 0.3) is 10.8 Å². The standard InChI is InChI=1S/C20H26N2O2/c1-13(19(23)22-20(2,12-21)17-7-8-17)14-4-5-16-11-18(24-3)9-6-15(16)10-14/h4-6,9-11,13,17H,7-8,12,21H2,1-3H3,(H,22,23). The molecule has 3 rings (SSSR count). The summed E-state index contributed by atoms with van der Waals surface area (Å²) in [6.45, 7) is 4.49.